The molecule has 1 aromatic heterocycles. The first kappa shape index (κ1) is 15.9. The van der Waals surface area contributed by atoms with Crippen LogP contribution in [0.1, 0.15) is 26.1 Å². The number of hydrogen-bond donors (Lipinski definition) is 0. The van der Waals surface area contributed by atoms with Crippen molar-refractivity contribution in [2.24, 2.45) is 5.92 Å². The Balaban J connectivity index is 1.65. The molecule has 2 aromatic rings. The average Bonchev–Trinajstić information content (AvgIpc) is 3.07. The largest absolute Gasteiger partial charge is 0.334 e. The van der Waals surface area contributed by atoms with Gasteiger partial charge in [0, 0.05) is 38.8 Å². The fraction of sp³-hybridized carbons (Fsp3) is 0.421. The summed E-state index contributed by atoms with van der Waals surface area (Å²) in [5.74, 6) is 1.15. The SMILES string of the molecule is CC(=O)N1c2ccccc2N(C(=O)C2CCc3nccn3C2)C[C@@H]1C. The van der Waals surface area contributed by atoms with Gasteiger partial charge >= 0.3 is 0 Å². The summed E-state index contributed by atoms with van der Waals surface area (Å²) in [4.78, 5) is 33.3. The summed E-state index contributed by atoms with van der Waals surface area (Å²) in [5, 5.41) is 0. The van der Waals surface area contributed by atoms with Crippen molar-refractivity contribution in [2.75, 3.05) is 16.3 Å². The number of hydrogen-bond acceptors (Lipinski definition) is 3. The number of imidazole rings is 1. The smallest absolute Gasteiger partial charge is 0.232 e. The average molecular weight is 338 g/mol. The van der Waals surface area contributed by atoms with Gasteiger partial charge in [0.2, 0.25) is 11.8 Å². The Morgan fingerprint density at radius 1 is 1.16 bits per heavy atom. The number of aromatic nitrogens is 2. The first-order valence-corrected chi connectivity index (χ1v) is 8.76. The van der Waals surface area contributed by atoms with Crippen LogP contribution in [0.3, 0.4) is 0 Å². The quantitative estimate of drug-likeness (QED) is 0.801. The number of aryl methyl sites for hydroxylation is 1. The maximum absolute atomic E-state index is 13.3. The molecule has 1 aromatic carbocycles. The number of benzene rings is 1. The van der Waals surface area contributed by atoms with Crippen molar-refractivity contribution in [3.8, 4) is 0 Å². The van der Waals surface area contributed by atoms with Crippen LogP contribution in [0.4, 0.5) is 11.4 Å². The van der Waals surface area contributed by atoms with Crippen LogP contribution in [-0.4, -0.2) is 34.0 Å². The topological polar surface area (TPSA) is 58.4 Å². The molecular weight excluding hydrogens is 316 g/mol. The van der Waals surface area contributed by atoms with E-state index in [4.69, 9.17) is 0 Å². The van der Waals surface area contributed by atoms with Gasteiger partial charge in [-0.05, 0) is 25.5 Å². The second kappa shape index (κ2) is 6.02. The molecule has 2 aliphatic rings. The van der Waals surface area contributed by atoms with Crippen LogP contribution in [0.5, 0.6) is 0 Å². The summed E-state index contributed by atoms with van der Waals surface area (Å²) in [5.41, 5.74) is 1.65. The zero-order valence-electron chi connectivity index (χ0n) is 14.6. The van der Waals surface area contributed by atoms with Crippen LogP contribution in [-0.2, 0) is 22.6 Å². The third-order valence-corrected chi connectivity index (χ3v) is 5.21. The summed E-state index contributed by atoms with van der Waals surface area (Å²) in [6.45, 7) is 4.78. The molecule has 4 rings (SSSR count). The molecule has 6 nitrogen and oxygen atoms in total. The van der Waals surface area contributed by atoms with Gasteiger partial charge in [0.1, 0.15) is 5.82 Å². The summed E-state index contributed by atoms with van der Waals surface area (Å²) in [6, 6.07) is 7.64. The van der Waals surface area contributed by atoms with Crippen LogP contribution < -0.4 is 9.80 Å². The Hall–Kier alpha value is -2.63. The lowest BCUT2D eigenvalue weighted by molar-refractivity contribution is -0.124. The van der Waals surface area contributed by atoms with Crippen LogP contribution in [0.15, 0.2) is 36.7 Å². The molecule has 25 heavy (non-hydrogen) atoms. The first-order chi connectivity index (χ1) is 12.1. The van der Waals surface area contributed by atoms with E-state index in [1.807, 2.05) is 42.3 Å². The van der Waals surface area contributed by atoms with Gasteiger partial charge in [0.25, 0.3) is 0 Å². The van der Waals surface area contributed by atoms with Crippen molar-refractivity contribution in [1.29, 1.82) is 0 Å². The van der Waals surface area contributed by atoms with Crippen LogP contribution in [0.2, 0.25) is 0 Å². The minimum atomic E-state index is -0.0502. The summed E-state index contributed by atoms with van der Waals surface area (Å²) in [7, 11) is 0. The Kier molecular flexibility index (Phi) is 3.82. The Morgan fingerprint density at radius 3 is 2.68 bits per heavy atom. The highest BCUT2D eigenvalue weighted by molar-refractivity contribution is 6.04. The van der Waals surface area contributed by atoms with E-state index in [1.165, 1.54) is 0 Å². The normalized spacial score (nSPS) is 22.3. The lowest BCUT2D eigenvalue weighted by Gasteiger charge is -2.42. The lowest BCUT2D eigenvalue weighted by Crippen LogP contribution is -2.53. The summed E-state index contributed by atoms with van der Waals surface area (Å²) in [6.07, 6.45) is 5.39. The highest BCUT2D eigenvalue weighted by Crippen LogP contribution is 2.37. The Morgan fingerprint density at radius 2 is 1.92 bits per heavy atom. The highest BCUT2D eigenvalue weighted by Gasteiger charge is 2.36. The molecule has 2 atom stereocenters. The van der Waals surface area contributed by atoms with Gasteiger partial charge in [-0.3, -0.25) is 9.59 Å². The van der Waals surface area contributed by atoms with Crippen molar-refractivity contribution in [3.05, 3.63) is 42.5 Å². The van der Waals surface area contributed by atoms with Crippen LogP contribution in [0.25, 0.3) is 0 Å². The maximum atomic E-state index is 13.3. The van der Waals surface area contributed by atoms with Crippen molar-refractivity contribution in [2.45, 2.75) is 39.3 Å². The third-order valence-electron chi connectivity index (χ3n) is 5.21. The maximum Gasteiger partial charge on any atom is 0.232 e. The van der Waals surface area contributed by atoms with E-state index in [2.05, 4.69) is 9.55 Å². The van der Waals surface area contributed by atoms with Crippen LogP contribution >= 0.6 is 0 Å². The fourth-order valence-electron chi connectivity index (χ4n) is 4.05. The fourth-order valence-corrected chi connectivity index (χ4v) is 4.05. The van der Waals surface area contributed by atoms with E-state index < -0.39 is 0 Å². The van der Waals surface area contributed by atoms with E-state index in [1.54, 1.807) is 18.0 Å². The van der Waals surface area contributed by atoms with E-state index in [9.17, 15) is 9.59 Å². The van der Waals surface area contributed by atoms with Crippen molar-refractivity contribution in [1.82, 2.24) is 9.55 Å². The van der Waals surface area contributed by atoms with Gasteiger partial charge in [0.05, 0.1) is 23.3 Å². The van der Waals surface area contributed by atoms with Gasteiger partial charge in [-0.15, -0.1) is 0 Å². The van der Waals surface area contributed by atoms with Gasteiger partial charge < -0.3 is 14.4 Å². The molecule has 0 fully saturated rings. The van der Waals surface area contributed by atoms with E-state index in [-0.39, 0.29) is 23.8 Å². The molecule has 0 radical (unpaired) electrons. The van der Waals surface area contributed by atoms with Gasteiger partial charge in [0.15, 0.2) is 0 Å². The monoisotopic (exact) mass is 338 g/mol. The number of amides is 2. The van der Waals surface area contributed by atoms with Gasteiger partial charge in [-0.25, -0.2) is 4.98 Å². The minimum Gasteiger partial charge on any atom is -0.334 e. The van der Waals surface area contributed by atoms with Crippen molar-refractivity contribution >= 4 is 23.2 Å². The molecular formula is C19H22N4O2. The predicted molar refractivity (Wildman–Crippen MR) is 95.5 cm³/mol. The number of fused-ring (bicyclic) bond motifs is 2. The Bertz CT molecular complexity index is 828. The molecule has 130 valence electrons. The standard InChI is InChI=1S/C19H22N4O2/c1-13-11-22(16-5-3-4-6-17(16)23(13)14(2)24)19(25)15-7-8-18-20-9-10-21(18)12-15/h3-6,9-10,13,15H,7-8,11-12H2,1-2H3/t13-,15?/m0/s1. The molecule has 3 heterocycles. The number of carbonyl (C=O) groups is 2. The molecule has 1 unspecified atom stereocenters. The molecule has 6 heteroatoms. The number of para-hydroxylation sites is 2. The highest BCUT2D eigenvalue weighted by atomic mass is 16.2. The zero-order valence-corrected chi connectivity index (χ0v) is 14.6. The molecule has 2 amide bonds. The lowest BCUT2D eigenvalue weighted by atomic mass is 9.96. The summed E-state index contributed by atoms with van der Waals surface area (Å²) < 4.78 is 2.08. The first-order valence-electron chi connectivity index (χ1n) is 8.76. The molecule has 0 aliphatic carbocycles. The van der Waals surface area contributed by atoms with E-state index in [0.717, 1.165) is 30.0 Å². The molecule has 0 N–H and O–H groups in total. The van der Waals surface area contributed by atoms with Gasteiger partial charge in [-0.2, -0.15) is 0 Å². The van der Waals surface area contributed by atoms with E-state index >= 15 is 0 Å². The minimum absolute atomic E-state index is 0.00720. The zero-order chi connectivity index (χ0) is 17.6. The number of carbonyl (C=O) groups excluding carboxylic acids is 2. The molecule has 0 bridgehead atoms. The van der Waals surface area contributed by atoms with Crippen molar-refractivity contribution < 1.29 is 9.59 Å². The molecule has 0 saturated carbocycles. The second-order valence-electron chi connectivity index (χ2n) is 6.91. The second-order valence-corrected chi connectivity index (χ2v) is 6.91. The third kappa shape index (κ3) is 2.62. The number of anilines is 2. The van der Waals surface area contributed by atoms with Gasteiger partial charge in [-0.1, -0.05) is 12.1 Å². The predicted octanol–water partition coefficient (Wildman–Crippen LogP) is 2.23. The van der Waals surface area contributed by atoms with Crippen molar-refractivity contribution in [3.63, 3.8) is 0 Å². The number of nitrogens with zero attached hydrogens (tertiary/aromatic N) is 4. The molecule has 0 saturated heterocycles. The van der Waals surface area contributed by atoms with E-state index in [0.29, 0.717) is 13.1 Å². The van der Waals surface area contributed by atoms with Crippen LogP contribution in [0, 0.1) is 5.92 Å². The summed E-state index contributed by atoms with van der Waals surface area (Å²) >= 11 is 0. The molecule has 2 aliphatic heterocycles. The number of rotatable bonds is 1. The molecule has 0 spiro atoms. The Labute approximate surface area is 147 Å².